The van der Waals surface area contributed by atoms with Crippen LogP contribution in [-0.2, 0) is 19.2 Å². The van der Waals surface area contributed by atoms with Crippen LogP contribution in [0, 0.1) is 0 Å². The number of hydrogen-bond donors (Lipinski definition) is 6. The quantitative estimate of drug-likeness (QED) is 0.0583. The van der Waals surface area contributed by atoms with Gasteiger partial charge in [0.25, 0.3) is 0 Å². The molecule has 55 heavy (non-hydrogen) atoms. The van der Waals surface area contributed by atoms with E-state index in [-0.39, 0.29) is 44.7 Å². The van der Waals surface area contributed by atoms with Crippen LogP contribution >= 0.6 is 79.6 Å². The molecule has 0 radical (unpaired) electrons. The summed E-state index contributed by atoms with van der Waals surface area (Å²) in [4.78, 5) is 52.9. The molecule has 0 aliphatic heterocycles. The minimum atomic E-state index is -0.622. The van der Waals surface area contributed by atoms with Gasteiger partial charge < -0.3 is 38.1 Å². The summed E-state index contributed by atoms with van der Waals surface area (Å²) >= 11 is 16.0. The second-order valence-electron chi connectivity index (χ2n) is 13.6. The van der Waals surface area contributed by atoms with Crippen LogP contribution in [0.3, 0.4) is 0 Å². The Kier molecular flexibility index (Phi) is 48.8. The monoisotopic (exact) mass is 1110 g/mol. The van der Waals surface area contributed by atoms with Gasteiger partial charge in [-0.2, -0.15) is 0 Å². The molecule has 336 valence electrons. The second-order valence-corrected chi connectivity index (χ2v) is 22.3. The summed E-state index contributed by atoms with van der Waals surface area (Å²) in [6.45, 7) is 32.4. The minimum absolute atomic E-state index is 0. The van der Waals surface area contributed by atoms with Crippen LogP contribution in [-0.4, -0.2) is 153 Å². The molecule has 0 aromatic rings. The van der Waals surface area contributed by atoms with E-state index in [0.717, 1.165) is 19.6 Å². The van der Waals surface area contributed by atoms with Crippen molar-refractivity contribution in [1.29, 1.82) is 0 Å². The van der Waals surface area contributed by atoms with Crippen molar-refractivity contribution in [2.24, 2.45) is 17.2 Å². The second kappa shape index (κ2) is 38.4. The number of nitrogens with zero attached hydrogens (tertiary/aromatic N) is 3. The summed E-state index contributed by atoms with van der Waals surface area (Å²) in [6, 6.07) is 0. The van der Waals surface area contributed by atoms with E-state index in [1.807, 2.05) is 0 Å². The summed E-state index contributed by atoms with van der Waals surface area (Å²) in [5, 5.41) is 8.65. The molecule has 0 atom stereocenters. The lowest BCUT2D eigenvalue weighted by Gasteiger charge is -2.25. The highest BCUT2D eigenvalue weighted by atomic mass is 79.9. The molecule has 0 fully saturated rings. The number of carbonyl (C=O) groups excluding carboxylic acids is 4. The number of halogens is 5. The maximum atomic E-state index is 12.0. The average Bonchev–Trinajstić information content (AvgIpc) is 3.01. The Hall–Kier alpha value is 0.240. The summed E-state index contributed by atoms with van der Waals surface area (Å²) in [6.07, 6.45) is 0. The Morgan fingerprint density at radius 3 is 0.782 bits per heavy atom. The highest BCUT2D eigenvalue weighted by Gasteiger charge is 2.25. The Balaban J connectivity index is -0.000000139. The number of alkyl halides is 4. The van der Waals surface area contributed by atoms with Crippen molar-refractivity contribution in [2.45, 2.75) is 116 Å². The van der Waals surface area contributed by atoms with Crippen molar-refractivity contribution in [3.63, 3.8) is 0 Å². The third kappa shape index (κ3) is 45.2. The normalized spacial score (nSPS) is 11.2. The van der Waals surface area contributed by atoms with Gasteiger partial charge in [0.15, 0.2) is 0 Å². The van der Waals surface area contributed by atoms with Crippen LogP contribution in [0.25, 0.3) is 0 Å². The zero-order chi connectivity index (χ0) is 41.8. The predicted octanol–water partition coefficient (Wildman–Crippen LogP) is 5.66. The molecule has 0 bridgehead atoms. The molecule has 0 spiro atoms. The molecule has 0 unspecified atom stereocenters. The Morgan fingerprint density at radius 1 is 0.455 bits per heavy atom. The van der Waals surface area contributed by atoms with E-state index >= 15 is 0 Å². The van der Waals surface area contributed by atoms with Gasteiger partial charge in [0.1, 0.15) is 0 Å². The first-order valence-corrected chi connectivity index (χ1v) is 21.7. The van der Waals surface area contributed by atoms with Crippen LogP contribution in [0.2, 0.25) is 0 Å². The maximum absolute atomic E-state index is 12.0. The first-order valence-electron chi connectivity index (χ1n) is 17.8. The Morgan fingerprint density at radius 2 is 0.655 bits per heavy atom. The zero-order valence-corrected chi connectivity index (χ0v) is 41.6. The molecular formula is C37H84Br5N9O4. The molecule has 0 aromatic carbocycles. The lowest BCUT2D eigenvalue weighted by Crippen LogP contribution is -2.47. The highest BCUT2D eigenvalue weighted by Crippen LogP contribution is 2.19. The fourth-order valence-corrected chi connectivity index (χ4v) is 3.92. The third-order valence-corrected chi connectivity index (χ3v) is 9.87. The average molecular weight is 1120 g/mol. The molecule has 3 amide bonds. The third-order valence-electron chi connectivity index (χ3n) is 6.91. The van der Waals surface area contributed by atoms with E-state index in [2.05, 4.69) is 131 Å². The van der Waals surface area contributed by atoms with Crippen molar-refractivity contribution in [2.75, 3.05) is 98.2 Å². The number of hydrogen-bond acceptors (Lipinski definition) is 10. The SMILES string of the molecule is C.C.C.CC(C)(Br)C(=O)Br.CC(C)(Br)C(=O)NCCN(CCNC(=O)C(C)(C)Br)CCNC(=O)C(C)(C)Br.CCN(CC)CC.NCCN(CCN)CCN. The lowest BCUT2D eigenvalue weighted by molar-refractivity contribution is -0.123. The fraction of sp³-hybridized carbons (Fsp3) is 0.892. The molecule has 0 saturated heterocycles. The number of nitrogens with two attached hydrogens (primary N) is 3. The van der Waals surface area contributed by atoms with Crippen LogP contribution in [0.1, 0.15) is 98.4 Å². The van der Waals surface area contributed by atoms with Gasteiger partial charge in [-0.3, -0.25) is 29.0 Å². The fourth-order valence-electron chi connectivity index (χ4n) is 3.50. The molecule has 0 aliphatic rings. The van der Waals surface area contributed by atoms with Gasteiger partial charge in [0.05, 0.1) is 17.3 Å². The number of nitrogens with one attached hydrogen (secondary N) is 3. The van der Waals surface area contributed by atoms with Gasteiger partial charge in [0, 0.05) is 78.5 Å². The van der Waals surface area contributed by atoms with Crippen molar-refractivity contribution in [3.05, 3.63) is 0 Å². The molecule has 0 saturated carbocycles. The van der Waals surface area contributed by atoms with Gasteiger partial charge in [-0.05, 0) is 91.0 Å². The smallest absolute Gasteiger partial charge is 0.236 e. The largest absolute Gasteiger partial charge is 0.354 e. The highest BCUT2D eigenvalue weighted by molar-refractivity contribution is 9.20. The first-order chi connectivity index (χ1) is 23.7. The van der Waals surface area contributed by atoms with Crippen LogP contribution in [0.4, 0.5) is 0 Å². The van der Waals surface area contributed by atoms with E-state index < -0.39 is 17.3 Å². The van der Waals surface area contributed by atoms with Gasteiger partial charge in [-0.15, -0.1) is 0 Å². The van der Waals surface area contributed by atoms with Crippen molar-refractivity contribution in [3.8, 4) is 0 Å². The maximum Gasteiger partial charge on any atom is 0.236 e. The van der Waals surface area contributed by atoms with E-state index in [4.69, 9.17) is 17.2 Å². The molecule has 0 aromatic heterocycles. The van der Waals surface area contributed by atoms with Crippen molar-refractivity contribution < 1.29 is 19.2 Å². The van der Waals surface area contributed by atoms with E-state index in [1.165, 1.54) is 19.6 Å². The molecule has 18 heteroatoms. The van der Waals surface area contributed by atoms with Crippen molar-refractivity contribution >= 4 is 102 Å². The van der Waals surface area contributed by atoms with Gasteiger partial charge in [-0.25, -0.2) is 0 Å². The standard InChI is InChI=1S/C18H33Br3N4O3.C6H18N4.C6H15N.C4H6Br2O.3CH4/c1-16(2,19)13(26)22-7-10-25(11-8-23-14(27)17(3,4)20)12-9-24-15(28)18(5,6)21;7-1-4-10(5-2-8)6-3-9;1-4-7(5-2)6-3;1-4(2,6)3(5)7;;;/h7-12H2,1-6H3,(H,22,26)(H,23,27)(H,24,28);1-9H2;4-6H2,1-3H3;1-2H3;3*1H4. The number of carbonyl (C=O) groups is 4. The molecular weight excluding hydrogens is 1030 g/mol. The van der Waals surface area contributed by atoms with Crippen LogP contribution in [0.15, 0.2) is 0 Å². The molecule has 0 rings (SSSR count). The zero-order valence-electron chi connectivity index (χ0n) is 33.7. The summed E-state index contributed by atoms with van der Waals surface area (Å²) in [5.74, 6) is -0.261. The number of amides is 3. The molecule has 9 N–H and O–H groups in total. The molecule has 13 nitrogen and oxygen atoms in total. The van der Waals surface area contributed by atoms with Gasteiger partial charge >= 0.3 is 0 Å². The van der Waals surface area contributed by atoms with E-state index in [1.54, 1.807) is 55.4 Å². The van der Waals surface area contributed by atoms with Gasteiger partial charge in [0.2, 0.25) is 22.4 Å². The minimum Gasteiger partial charge on any atom is -0.354 e. The van der Waals surface area contributed by atoms with E-state index in [0.29, 0.717) is 58.9 Å². The van der Waals surface area contributed by atoms with Crippen LogP contribution < -0.4 is 33.2 Å². The van der Waals surface area contributed by atoms with Gasteiger partial charge in [-0.1, -0.05) is 107 Å². The summed E-state index contributed by atoms with van der Waals surface area (Å²) in [7, 11) is 0. The van der Waals surface area contributed by atoms with Crippen LogP contribution in [0.5, 0.6) is 0 Å². The van der Waals surface area contributed by atoms with E-state index in [9.17, 15) is 19.2 Å². The summed E-state index contributed by atoms with van der Waals surface area (Å²) in [5.41, 5.74) is 16.1. The lowest BCUT2D eigenvalue weighted by atomic mass is 10.2. The van der Waals surface area contributed by atoms with Crippen molar-refractivity contribution in [1.82, 2.24) is 30.7 Å². The first kappa shape index (κ1) is 69.8. The predicted molar refractivity (Wildman–Crippen MR) is 259 cm³/mol. The Bertz CT molecular complexity index is 858. The number of rotatable bonds is 22. The molecule has 0 heterocycles. The topological polar surface area (TPSA) is 192 Å². The summed E-state index contributed by atoms with van der Waals surface area (Å²) < 4.78 is -2.30. The Labute approximate surface area is 380 Å². The molecule has 0 aliphatic carbocycles.